The summed E-state index contributed by atoms with van der Waals surface area (Å²) in [6.45, 7) is 3.68. The van der Waals surface area contributed by atoms with Gasteiger partial charge in [0.1, 0.15) is 12.4 Å². The average Bonchev–Trinajstić information content (AvgIpc) is 2.70. The molecule has 1 heterocycles. The van der Waals surface area contributed by atoms with Gasteiger partial charge in [-0.3, -0.25) is 0 Å². The summed E-state index contributed by atoms with van der Waals surface area (Å²) >= 11 is 12.0. The molecule has 28 heavy (non-hydrogen) atoms. The SMILES string of the molecule is CN(CCOc1ccc(Cl)cc1)C(=O)Nc1cc(Cl)ccc1N1CCOCC1. The monoisotopic (exact) mass is 423 g/mol. The number of hydrogen-bond acceptors (Lipinski definition) is 4. The van der Waals surface area contributed by atoms with Crippen LogP contribution >= 0.6 is 23.2 Å². The number of nitrogens with one attached hydrogen (secondary N) is 1. The van der Waals surface area contributed by atoms with Crippen molar-refractivity contribution in [3.05, 3.63) is 52.5 Å². The quantitative estimate of drug-likeness (QED) is 0.748. The molecule has 0 atom stereocenters. The van der Waals surface area contributed by atoms with Gasteiger partial charge in [-0.15, -0.1) is 0 Å². The zero-order valence-corrected chi connectivity index (χ0v) is 17.2. The number of nitrogens with zero attached hydrogens (tertiary/aromatic N) is 2. The van der Waals surface area contributed by atoms with Gasteiger partial charge in [-0.2, -0.15) is 0 Å². The third kappa shape index (κ3) is 5.67. The van der Waals surface area contributed by atoms with Gasteiger partial charge in [0.25, 0.3) is 0 Å². The van der Waals surface area contributed by atoms with E-state index in [1.54, 1.807) is 42.3 Å². The highest BCUT2D eigenvalue weighted by Crippen LogP contribution is 2.30. The summed E-state index contributed by atoms with van der Waals surface area (Å²) in [6.07, 6.45) is 0. The average molecular weight is 424 g/mol. The molecule has 0 spiro atoms. The maximum Gasteiger partial charge on any atom is 0.321 e. The van der Waals surface area contributed by atoms with E-state index in [4.69, 9.17) is 32.7 Å². The lowest BCUT2D eigenvalue weighted by Crippen LogP contribution is -2.38. The van der Waals surface area contributed by atoms with Gasteiger partial charge in [0.05, 0.1) is 31.1 Å². The number of likely N-dealkylation sites (N-methyl/N-ethyl adjacent to an activating group) is 1. The molecule has 2 aromatic carbocycles. The van der Waals surface area contributed by atoms with Crippen molar-refractivity contribution in [3.8, 4) is 5.75 Å². The highest BCUT2D eigenvalue weighted by molar-refractivity contribution is 6.31. The number of hydrogen-bond donors (Lipinski definition) is 1. The second-order valence-electron chi connectivity index (χ2n) is 6.41. The van der Waals surface area contributed by atoms with Crippen LogP contribution in [0.4, 0.5) is 16.2 Å². The van der Waals surface area contributed by atoms with E-state index in [2.05, 4.69) is 10.2 Å². The second kappa shape index (κ2) is 9.87. The van der Waals surface area contributed by atoms with Gasteiger partial charge in [-0.1, -0.05) is 23.2 Å². The molecule has 0 aliphatic carbocycles. The van der Waals surface area contributed by atoms with Crippen LogP contribution in [0.5, 0.6) is 5.75 Å². The van der Waals surface area contributed by atoms with Crippen LogP contribution in [0.3, 0.4) is 0 Å². The topological polar surface area (TPSA) is 54.0 Å². The summed E-state index contributed by atoms with van der Waals surface area (Å²) in [5.41, 5.74) is 1.62. The summed E-state index contributed by atoms with van der Waals surface area (Å²) in [7, 11) is 1.72. The highest BCUT2D eigenvalue weighted by Gasteiger charge is 2.18. The van der Waals surface area contributed by atoms with Crippen LogP contribution < -0.4 is 15.0 Å². The van der Waals surface area contributed by atoms with Gasteiger partial charge < -0.3 is 24.6 Å². The molecular weight excluding hydrogens is 401 g/mol. The number of carbonyl (C=O) groups excluding carboxylic acids is 1. The molecule has 0 bridgehead atoms. The van der Waals surface area contributed by atoms with E-state index in [0.717, 1.165) is 18.8 Å². The van der Waals surface area contributed by atoms with Crippen molar-refractivity contribution >= 4 is 40.6 Å². The molecule has 0 aromatic heterocycles. The molecule has 3 rings (SSSR count). The Morgan fingerprint density at radius 1 is 1.14 bits per heavy atom. The molecule has 0 saturated carbocycles. The maximum atomic E-state index is 12.6. The normalized spacial score (nSPS) is 13.9. The van der Waals surface area contributed by atoms with Crippen LogP contribution in [0, 0.1) is 0 Å². The van der Waals surface area contributed by atoms with Gasteiger partial charge in [-0.25, -0.2) is 4.79 Å². The predicted molar refractivity (Wildman–Crippen MR) is 113 cm³/mol. The number of morpholine rings is 1. The lowest BCUT2D eigenvalue weighted by molar-refractivity contribution is 0.123. The Morgan fingerprint density at radius 3 is 2.54 bits per heavy atom. The van der Waals surface area contributed by atoms with Crippen LogP contribution in [0.2, 0.25) is 10.0 Å². The molecule has 2 aromatic rings. The van der Waals surface area contributed by atoms with Gasteiger partial charge in [0.15, 0.2) is 0 Å². The fourth-order valence-electron chi connectivity index (χ4n) is 2.83. The first kappa shape index (κ1) is 20.6. The molecule has 2 amide bonds. The van der Waals surface area contributed by atoms with E-state index >= 15 is 0 Å². The van der Waals surface area contributed by atoms with Crippen molar-refractivity contribution in [2.24, 2.45) is 0 Å². The molecule has 1 N–H and O–H groups in total. The Balaban J connectivity index is 1.57. The Labute approximate surface area is 174 Å². The van der Waals surface area contributed by atoms with E-state index in [1.165, 1.54) is 0 Å². The molecular formula is C20H23Cl2N3O3. The minimum atomic E-state index is -0.225. The van der Waals surface area contributed by atoms with Crippen LogP contribution in [-0.4, -0.2) is 57.4 Å². The van der Waals surface area contributed by atoms with Crippen LogP contribution in [0.1, 0.15) is 0 Å². The first-order valence-electron chi connectivity index (χ1n) is 9.05. The van der Waals surface area contributed by atoms with Crippen LogP contribution in [0.15, 0.2) is 42.5 Å². The third-order valence-electron chi connectivity index (χ3n) is 4.41. The zero-order chi connectivity index (χ0) is 19.9. The minimum Gasteiger partial charge on any atom is -0.492 e. The van der Waals surface area contributed by atoms with Crippen LogP contribution in [-0.2, 0) is 4.74 Å². The molecule has 1 fully saturated rings. The fraction of sp³-hybridized carbons (Fsp3) is 0.350. The zero-order valence-electron chi connectivity index (χ0n) is 15.7. The molecule has 1 saturated heterocycles. The van der Waals surface area contributed by atoms with Crippen LogP contribution in [0.25, 0.3) is 0 Å². The Kier molecular flexibility index (Phi) is 7.25. The molecule has 6 nitrogen and oxygen atoms in total. The van der Waals surface area contributed by atoms with Crippen molar-refractivity contribution in [1.82, 2.24) is 4.90 Å². The molecule has 1 aliphatic heterocycles. The largest absolute Gasteiger partial charge is 0.492 e. The molecule has 1 aliphatic rings. The number of ether oxygens (including phenoxy) is 2. The Bertz CT molecular complexity index is 796. The van der Waals surface area contributed by atoms with E-state index in [1.807, 2.05) is 12.1 Å². The predicted octanol–water partition coefficient (Wildman–Crippen LogP) is 4.37. The van der Waals surface area contributed by atoms with Gasteiger partial charge in [0, 0.05) is 30.2 Å². The molecule has 150 valence electrons. The van der Waals surface area contributed by atoms with E-state index in [-0.39, 0.29) is 6.03 Å². The number of anilines is 2. The number of rotatable bonds is 6. The standard InChI is InChI=1S/C20H23Cl2N3O3/c1-24(8-13-28-17-5-2-15(21)3-6-17)20(26)23-18-14-16(22)4-7-19(18)25-9-11-27-12-10-25/h2-7,14H,8-13H2,1H3,(H,23,26). The number of halogens is 2. The van der Waals surface area contributed by atoms with Crippen molar-refractivity contribution in [3.63, 3.8) is 0 Å². The number of carbonyl (C=O) groups is 1. The van der Waals surface area contributed by atoms with Crippen molar-refractivity contribution in [1.29, 1.82) is 0 Å². The summed E-state index contributed by atoms with van der Waals surface area (Å²) in [4.78, 5) is 16.4. The number of urea groups is 1. The van der Waals surface area contributed by atoms with Crippen molar-refractivity contribution in [2.45, 2.75) is 0 Å². The van der Waals surface area contributed by atoms with Gasteiger partial charge in [-0.05, 0) is 42.5 Å². The number of benzene rings is 2. The van der Waals surface area contributed by atoms with Crippen molar-refractivity contribution in [2.75, 3.05) is 56.7 Å². The maximum absolute atomic E-state index is 12.6. The number of amides is 2. The summed E-state index contributed by atoms with van der Waals surface area (Å²) in [5, 5.41) is 4.18. The Morgan fingerprint density at radius 2 is 1.82 bits per heavy atom. The van der Waals surface area contributed by atoms with E-state index in [9.17, 15) is 4.79 Å². The minimum absolute atomic E-state index is 0.225. The summed E-state index contributed by atoms with van der Waals surface area (Å²) < 4.78 is 11.1. The van der Waals surface area contributed by atoms with E-state index in [0.29, 0.717) is 47.8 Å². The molecule has 0 unspecified atom stereocenters. The molecule has 0 radical (unpaired) electrons. The lowest BCUT2D eigenvalue weighted by Gasteiger charge is -2.31. The molecule has 8 heteroatoms. The fourth-order valence-corrected chi connectivity index (χ4v) is 3.13. The van der Waals surface area contributed by atoms with Crippen molar-refractivity contribution < 1.29 is 14.3 Å². The van der Waals surface area contributed by atoms with Gasteiger partial charge in [0.2, 0.25) is 0 Å². The lowest BCUT2D eigenvalue weighted by atomic mass is 10.2. The Hall–Kier alpha value is -2.15. The summed E-state index contributed by atoms with van der Waals surface area (Å²) in [5.74, 6) is 0.711. The van der Waals surface area contributed by atoms with E-state index < -0.39 is 0 Å². The summed E-state index contributed by atoms with van der Waals surface area (Å²) in [6, 6.07) is 12.4. The first-order chi connectivity index (χ1) is 13.5. The smallest absolute Gasteiger partial charge is 0.321 e. The second-order valence-corrected chi connectivity index (χ2v) is 7.29. The first-order valence-corrected chi connectivity index (χ1v) is 9.81. The highest BCUT2D eigenvalue weighted by atomic mass is 35.5. The van der Waals surface area contributed by atoms with Gasteiger partial charge >= 0.3 is 6.03 Å². The third-order valence-corrected chi connectivity index (χ3v) is 4.89.